The summed E-state index contributed by atoms with van der Waals surface area (Å²) in [5.74, 6) is 2.21. The summed E-state index contributed by atoms with van der Waals surface area (Å²) in [4.78, 5) is 36.8. The Labute approximate surface area is 242 Å². The van der Waals surface area contributed by atoms with Gasteiger partial charge in [-0.2, -0.15) is 0 Å². The SMILES string of the molecule is [O]=[Ti]1[c]2ccc3c4nc5nc(nc6[nH]c(nc7nc(nc([nH]4)c3[c]21)-c1ccccc1-7)c1ccccc61)-c1ccccc1-5. The zero-order valence-electron chi connectivity index (χ0n) is 21.7. The van der Waals surface area contributed by atoms with Gasteiger partial charge in [-0.25, -0.2) is 0 Å². The Morgan fingerprint density at radius 1 is 0.452 bits per heavy atom. The molecule has 0 spiro atoms. The molecule has 2 N–H and O–H groups in total. The predicted molar refractivity (Wildman–Crippen MR) is 156 cm³/mol. The average molecular weight is 576 g/mol. The van der Waals surface area contributed by atoms with Gasteiger partial charge in [0, 0.05) is 0 Å². The number of rotatable bonds is 0. The van der Waals surface area contributed by atoms with Crippen LogP contribution in [-0.4, -0.2) is 39.9 Å². The molecule has 10 rings (SSSR count). The van der Waals surface area contributed by atoms with Gasteiger partial charge in [0.15, 0.2) is 0 Å². The Bertz CT molecular complexity index is 2560. The summed E-state index contributed by atoms with van der Waals surface area (Å²) in [5, 5.41) is 3.58. The van der Waals surface area contributed by atoms with Crippen molar-refractivity contribution in [3.05, 3.63) is 84.9 Å². The summed E-state index contributed by atoms with van der Waals surface area (Å²) in [6.45, 7) is 0. The average Bonchev–Trinajstić information content (AvgIpc) is 3.38. The molecule has 0 radical (unpaired) electrons. The van der Waals surface area contributed by atoms with Crippen molar-refractivity contribution in [2.75, 3.05) is 0 Å². The first-order valence-electron chi connectivity index (χ1n) is 13.5. The van der Waals surface area contributed by atoms with Crippen LogP contribution in [0.3, 0.4) is 0 Å². The summed E-state index contributed by atoms with van der Waals surface area (Å²) in [6, 6.07) is 27.9. The summed E-state index contributed by atoms with van der Waals surface area (Å²) >= 11 is -2.63. The molecule has 9 nitrogen and oxygen atoms in total. The number of hydrogen-bond acceptors (Lipinski definition) is 7. The van der Waals surface area contributed by atoms with Crippen LogP contribution in [0.5, 0.6) is 0 Å². The zero-order chi connectivity index (χ0) is 27.5. The fourth-order valence-corrected chi connectivity index (χ4v) is 8.45. The van der Waals surface area contributed by atoms with Crippen molar-refractivity contribution in [3.63, 3.8) is 0 Å². The van der Waals surface area contributed by atoms with Crippen LogP contribution in [0.4, 0.5) is 0 Å². The molecule has 3 aromatic heterocycles. The second-order valence-corrected chi connectivity index (χ2v) is 13.1. The quantitative estimate of drug-likeness (QED) is 0.241. The zero-order valence-corrected chi connectivity index (χ0v) is 23.2. The Balaban J connectivity index is 1.44. The molecule has 0 unspecified atom stereocenters. The minimum absolute atomic E-state index is 0.539. The predicted octanol–water partition coefficient (Wildman–Crippen LogP) is 5.10. The van der Waals surface area contributed by atoms with Crippen molar-refractivity contribution in [2.24, 2.45) is 0 Å². The first-order chi connectivity index (χ1) is 20.7. The van der Waals surface area contributed by atoms with E-state index in [-0.39, 0.29) is 0 Å². The molecular weight excluding hydrogens is 560 g/mol. The van der Waals surface area contributed by atoms with Crippen molar-refractivity contribution >= 4 is 51.9 Å². The van der Waals surface area contributed by atoms with Gasteiger partial charge < -0.3 is 0 Å². The van der Waals surface area contributed by atoms with Crippen LogP contribution in [0.15, 0.2) is 84.9 Å². The third kappa shape index (κ3) is 3.01. The van der Waals surface area contributed by atoms with Crippen LogP contribution in [0.1, 0.15) is 0 Å². The fraction of sp³-hybridized carbons (Fsp3) is 0. The molecule has 0 aliphatic carbocycles. The number of aromatic amines is 2. The molecule has 4 aromatic carbocycles. The van der Waals surface area contributed by atoms with Crippen molar-refractivity contribution in [3.8, 4) is 45.6 Å². The third-order valence-electron chi connectivity index (χ3n) is 8.13. The summed E-state index contributed by atoms with van der Waals surface area (Å²) in [6.07, 6.45) is 0. The van der Waals surface area contributed by atoms with Crippen LogP contribution < -0.4 is 7.74 Å². The van der Waals surface area contributed by atoms with Gasteiger partial charge >= 0.3 is 237 Å². The first-order valence-corrected chi connectivity index (χ1v) is 15.7. The molecule has 3 aliphatic heterocycles. The second-order valence-electron chi connectivity index (χ2n) is 10.5. The van der Waals surface area contributed by atoms with E-state index in [2.05, 4.69) is 9.97 Å². The maximum atomic E-state index is 12.9. The van der Waals surface area contributed by atoms with Gasteiger partial charge in [-0.3, -0.25) is 0 Å². The van der Waals surface area contributed by atoms with E-state index in [0.29, 0.717) is 45.9 Å². The van der Waals surface area contributed by atoms with E-state index < -0.39 is 17.8 Å². The molecule has 0 saturated heterocycles. The Morgan fingerprint density at radius 2 is 0.881 bits per heavy atom. The molecule has 10 heteroatoms. The van der Waals surface area contributed by atoms with Crippen molar-refractivity contribution in [1.82, 2.24) is 39.9 Å². The number of fused-ring (bicyclic) bond motifs is 22. The van der Waals surface area contributed by atoms with Crippen molar-refractivity contribution in [2.45, 2.75) is 0 Å². The third-order valence-corrected chi connectivity index (χ3v) is 10.7. The van der Waals surface area contributed by atoms with E-state index in [1.54, 1.807) is 0 Å². The van der Waals surface area contributed by atoms with Gasteiger partial charge in [0.1, 0.15) is 0 Å². The molecule has 3 aliphatic rings. The first kappa shape index (κ1) is 22.4. The van der Waals surface area contributed by atoms with Gasteiger partial charge in [0.2, 0.25) is 0 Å². The van der Waals surface area contributed by atoms with Crippen molar-refractivity contribution < 1.29 is 21.2 Å². The molecule has 0 fully saturated rings. The van der Waals surface area contributed by atoms with Gasteiger partial charge in [0.25, 0.3) is 0 Å². The summed E-state index contributed by atoms with van der Waals surface area (Å²) in [5.41, 5.74) is 6.08. The molecule has 0 saturated carbocycles. The fourth-order valence-electron chi connectivity index (χ4n) is 6.10. The Hall–Kier alpha value is -5.25. The van der Waals surface area contributed by atoms with Gasteiger partial charge in [-0.15, -0.1) is 0 Å². The number of H-pyrrole nitrogens is 2. The minimum atomic E-state index is -2.63. The van der Waals surface area contributed by atoms with Crippen LogP contribution >= 0.6 is 0 Å². The Morgan fingerprint density at radius 3 is 1.40 bits per heavy atom. The van der Waals surface area contributed by atoms with Crippen LogP contribution in [0.2, 0.25) is 0 Å². The molecular formula is C32H16N8OTi. The number of nitrogens with zero attached hydrogens (tertiary/aromatic N) is 6. The van der Waals surface area contributed by atoms with Crippen LogP contribution in [-0.2, 0) is 21.2 Å². The molecule has 6 heterocycles. The number of hydrogen-bond donors (Lipinski definition) is 2. The van der Waals surface area contributed by atoms with Gasteiger partial charge in [-0.05, 0) is 0 Å². The van der Waals surface area contributed by atoms with Gasteiger partial charge in [-0.1, -0.05) is 6.07 Å². The molecule has 8 bridgehead atoms. The molecule has 0 amide bonds. The monoisotopic (exact) mass is 576 g/mol. The standard InChI is InChI=1S/C32H16N8.O.Ti/c1-2-10-18-17(9-1)25-33-26(18)38-28-21-13-5-6-14-22(21)30(35-28)40-32-24-16-8-7-15-23(24)31(36-32)39-29-20-12-4-3-11-19(20)27(34-29)37-25;;/h1-7,9-15H,(H2,33,34,35,36,37,38,39,40);;. The van der Waals surface area contributed by atoms with E-state index in [4.69, 9.17) is 29.9 Å². The molecule has 0 atom stereocenters. The van der Waals surface area contributed by atoms with Crippen LogP contribution in [0, 0.1) is 0 Å². The van der Waals surface area contributed by atoms with E-state index in [1.807, 2.05) is 84.9 Å². The van der Waals surface area contributed by atoms with E-state index in [0.717, 1.165) is 51.5 Å². The summed E-state index contributed by atoms with van der Waals surface area (Å²) in [7, 11) is 0. The molecule has 7 aromatic rings. The van der Waals surface area contributed by atoms with E-state index >= 15 is 0 Å². The van der Waals surface area contributed by atoms with Gasteiger partial charge in [0.05, 0.1) is 0 Å². The van der Waals surface area contributed by atoms with Crippen molar-refractivity contribution in [1.29, 1.82) is 0 Å². The summed E-state index contributed by atoms with van der Waals surface area (Å²) < 4.78 is 14.8. The Kier molecular flexibility index (Phi) is 4.24. The second kappa shape index (κ2) is 7.94. The number of nitrogens with one attached hydrogen (secondary N) is 2. The van der Waals surface area contributed by atoms with Crippen LogP contribution in [0.25, 0.3) is 89.7 Å². The molecule has 42 heavy (non-hydrogen) atoms. The van der Waals surface area contributed by atoms with E-state index in [1.165, 1.54) is 0 Å². The maximum absolute atomic E-state index is 12.9. The molecule has 194 valence electrons. The normalized spacial score (nSPS) is 12.8. The van der Waals surface area contributed by atoms with E-state index in [9.17, 15) is 3.32 Å². The topological polar surface area (TPSA) is 126 Å². The number of aromatic nitrogens is 8. The number of benzene rings is 4.